The fourth-order valence-corrected chi connectivity index (χ4v) is 1.32. The molecule has 0 aliphatic carbocycles. The Kier molecular flexibility index (Phi) is 11.4. The van der Waals surface area contributed by atoms with E-state index in [2.05, 4.69) is 18.8 Å². The molecule has 0 spiro atoms. The molecule has 0 rings (SSSR count). The van der Waals surface area contributed by atoms with Crippen molar-refractivity contribution < 1.29 is 9.47 Å². The van der Waals surface area contributed by atoms with E-state index >= 15 is 0 Å². The minimum Gasteiger partial charge on any atom is -0.382 e. The highest BCUT2D eigenvalue weighted by molar-refractivity contribution is 4.77. The van der Waals surface area contributed by atoms with Gasteiger partial charge in [0.05, 0.1) is 13.2 Å². The van der Waals surface area contributed by atoms with Crippen molar-refractivity contribution in [3.63, 3.8) is 0 Å². The van der Waals surface area contributed by atoms with E-state index in [0.717, 1.165) is 32.4 Å². The summed E-state index contributed by atoms with van der Waals surface area (Å²) in [6.07, 6.45) is 5.17. The van der Waals surface area contributed by atoms with Crippen molar-refractivity contribution in [3.8, 4) is 0 Å². The van der Waals surface area contributed by atoms with Crippen molar-refractivity contribution in [2.75, 3.05) is 33.5 Å². The van der Waals surface area contributed by atoms with Crippen LogP contribution in [0, 0.1) is 0 Å². The minimum absolute atomic E-state index is 0.505. The van der Waals surface area contributed by atoms with Gasteiger partial charge >= 0.3 is 0 Å². The lowest BCUT2D eigenvalue weighted by Gasteiger charge is -2.16. The van der Waals surface area contributed by atoms with E-state index < -0.39 is 0 Å². The van der Waals surface area contributed by atoms with Gasteiger partial charge in [-0.15, -0.1) is 6.58 Å². The first kappa shape index (κ1) is 14.6. The summed E-state index contributed by atoms with van der Waals surface area (Å²) >= 11 is 0. The molecule has 0 heterocycles. The SMILES string of the molecule is C=CCC(CCOCCOC)NCCC. The first-order valence-corrected chi connectivity index (χ1v) is 5.76. The van der Waals surface area contributed by atoms with Crippen LogP contribution in [0.1, 0.15) is 26.2 Å². The molecule has 0 saturated heterocycles. The molecule has 0 aromatic heterocycles. The van der Waals surface area contributed by atoms with Crippen LogP contribution in [0.25, 0.3) is 0 Å². The zero-order chi connectivity index (χ0) is 11.4. The summed E-state index contributed by atoms with van der Waals surface area (Å²) in [6, 6.07) is 0.505. The van der Waals surface area contributed by atoms with Gasteiger partial charge in [-0.3, -0.25) is 0 Å². The molecule has 0 bridgehead atoms. The molecular formula is C12H25NO2. The van der Waals surface area contributed by atoms with Crippen molar-refractivity contribution in [3.05, 3.63) is 12.7 Å². The monoisotopic (exact) mass is 215 g/mol. The Labute approximate surface area is 93.8 Å². The zero-order valence-corrected chi connectivity index (χ0v) is 10.1. The third kappa shape index (κ3) is 9.91. The molecule has 0 aromatic rings. The Hall–Kier alpha value is -0.380. The van der Waals surface area contributed by atoms with Crippen molar-refractivity contribution in [1.82, 2.24) is 5.32 Å². The van der Waals surface area contributed by atoms with Gasteiger partial charge in [-0.1, -0.05) is 13.0 Å². The van der Waals surface area contributed by atoms with Crippen LogP contribution in [0.15, 0.2) is 12.7 Å². The van der Waals surface area contributed by atoms with Crippen molar-refractivity contribution in [1.29, 1.82) is 0 Å². The fraction of sp³-hybridized carbons (Fsp3) is 0.833. The molecule has 15 heavy (non-hydrogen) atoms. The molecule has 1 atom stereocenters. The third-order valence-electron chi connectivity index (χ3n) is 2.18. The number of rotatable bonds is 11. The first-order chi connectivity index (χ1) is 7.35. The van der Waals surface area contributed by atoms with Crippen LogP contribution >= 0.6 is 0 Å². The van der Waals surface area contributed by atoms with Crippen molar-refractivity contribution in [2.45, 2.75) is 32.2 Å². The second-order valence-electron chi connectivity index (χ2n) is 3.57. The molecule has 0 aliphatic heterocycles. The summed E-state index contributed by atoms with van der Waals surface area (Å²) in [7, 11) is 1.69. The Bertz CT molecular complexity index is 140. The Morgan fingerprint density at radius 1 is 1.33 bits per heavy atom. The van der Waals surface area contributed by atoms with Crippen molar-refractivity contribution in [2.24, 2.45) is 0 Å². The van der Waals surface area contributed by atoms with Gasteiger partial charge in [0.1, 0.15) is 0 Å². The molecule has 0 radical (unpaired) electrons. The highest BCUT2D eigenvalue weighted by Gasteiger charge is 2.04. The average molecular weight is 215 g/mol. The predicted octanol–water partition coefficient (Wildman–Crippen LogP) is 1.98. The van der Waals surface area contributed by atoms with E-state index in [-0.39, 0.29) is 0 Å². The summed E-state index contributed by atoms with van der Waals surface area (Å²) < 4.78 is 10.3. The Morgan fingerprint density at radius 3 is 2.73 bits per heavy atom. The largest absolute Gasteiger partial charge is 0.382 e. The Morgan fingerprint density at radius 2 is 2.13 bits per heavy atom. The van der Waals surface area contributed by atoms with Crippen LogP contribution in [0.4, 0.5) is 0 Å². The van der Waals surface area contributed by atoms with Crippen LogP contribution in [-0.2, 0) is 9.47 Å². The van der Waals surface area contributed by atoms with E-state index in [4.69, 9.17) is 9.47 Å². The van der Waals surface area contributed by atoms with Gasteiger partial charge in [-0.25, -0.2) is 0 Å². The van der Waals surface area contributed by atoms with E-state index in [1.165, 1.54) is 0 Å². The van der Waals surface area contributed by atoms with Crippen LogP contribution in [0.3, 0.4) is 0 Å². The normalized spacial score (nSPS) is 12.7. The fourth-order valence-electron chi connectivity index (χ4n) is 1.32. The first-order valence-electron chi connectivity index (χ1n) is 5.76. The topological polar surface area (TPSA) is 30.5 Å². The Balaban J connectivity index is 3.42. The summed E-state index contributed by atoms with van der Waals surface area (Å²) in [5.74, 6) is 0. The molecule has 0 fully saturated rings. The number of hydrogen-bond donors (Lipinski definition) is 1. The number of nitrogens with one attached hydrogen (secondary N) is 1. The van der Waals surface area contributed by atoms with Gasteiger partial charge in [0, 0.05) is 19.8 Å². The lowest BCUT2D eigenvalue weighted by molar-refractivity contribution is 0.0659. The van der Waals surface area contributed by atoms with E-state index in [9.17, 15) is 0 Å². The predicted molar refractivity (Wildman–Crippen MR) is 64.2 cm³/mol. The second-order valence-corrected chi connectivity index (χ2v) is 3.57. The standard InChI is InChI=1S/C12H25NO2/c1-4-6-12(13-8-5-2)7-9-15-11-10-14-3/h4,12-13H,1,5-11H2,2-3H3. The van der Waals surface area contributed by atoms with Gasteiger partial charge in [-0.05, 0) is 25.8 Å². The third-order valence-corrected chi connectivity index (χ3v) is 2.18. The van der Waals surface area contributed by atoms with E-state index in [1.807, 2.05) is 6.08 Å². The van der Waals surface area contributed by atoms with E-state index in [1.54, 1.807) is 7.11 Å². The second kappa shape index (κ2) is 11.7. The molecule has 0 amide bonds. The quantitative estimate of drug-likeness (QED) is 0.422. The molecule has 3 nitrogen and oxygen atoms in total. The van der Waals surface area contributed by atoms with Crippen LogP contribution in [0.2, 0.25) is 0 Å². The number of methoxy groups -OCH3 is 1. The van der Waals surface area contributed by atoms with Gasteiger partial charge in [0.15, 0.2) is 0 Å². The summed E-state index contributed by atoms with van der Waals surface area (Å²) in [6.45, 7) is 9.16. The van der Waals surface area contributed by atoms with Gasteiger partial charge in [0.25, 0.3) is 0 Å². The lowest BCUT2D eigenvalue weighted by atomic mass is 10.1. The van der Waals surface area contributed by atoms with Gasteiger partial charge in [-0.2, -0.15) is 0 Å². The van der Waals surface area contributed by atoms with Crippen molar-refractivity contribution >= 4 is 0 Å². The summed E-state index contributed by atoms with van der Waals surface area (Å²) in [5.41, 5.74) is 0. The van der Waals surface area contributed by atoms with Crippen LogP contribution in [-0.4, -0.2) is 39.5 Å². The maximum absolute atomic E-state index is 5.43. The zero-order valence-electron chi connectivity index (χ0n) is 10.1. The van der Waals surface area contributed by atoms with Crippen LogP contribution < -0.4 is 5.32 Å². The maximum atomic E-state index is 5.43. The summed E-state index contributed by atoms with van der Waals surface area (Å²) in [5, 5.41) is 3.48. The average Bonchev–Trinajstić information content (AvgIpc) is 2.25. The molecule has 0 aromatic carbocycles. The molecular weight excluding hydrogens is 190 g/mol. The molecule has 0 aliphatic rings. The number of hydrogen-bond acceptors (Lipinski definition) is 3. The molecule has 1 N–H and O–H groups in total. The minimum atomic E-state index is 0.505. The number of ether oxygens (including phenoxy) is 2. The summed E-state index contributed by atoms with van der Waals surface area (Å²) in [4.78, 5) is 0. The lowest BCUT2D eigenvalue weighted by Crippen LogP contribution is -2.30. The maximum Gasteiger partial charge on any atom is 0.0700 e. The molecule has 1 unspecified atom stereocenters. The van der Waals surface area contributed by atoms with Gasteiger partial charge < -0.3 is 14.8 Å². The highest BCUT2D eigenvalue weighted by Crippen LogP contribution is 1.99. The highest BCUT2D eigenvalue weighted by atomic mass is 16.5. The molecule has 90 valence electrons. The smallest absolute Gasteiger partial charge is 0.0700 e. The van der Waals surface area contributed by atoms with Crippen LogP contribution in [0.5, 0.6) is 0 Å². The molecule has 3 heteroatoms. The molecule has 0 saturated carbocycles. The van der Waals surface area contributed by atoms with Gasteiger partial charge in [0.2, 0.25) is 0 Å². The van der Waals surface area contributed by atoms with E-state index in [0.29, 0.717) is 19.3 Å².